The van der Waals surface area contributed by atoms with Crippen LogP contribution < -0.4 is 0 Å². The Kier molecular flexibility index (Phi) is 5.22. The molecule has 0 atom stereocenters. The van der Waals surface area contributed by atoms with Crippen LogP contribution in [0.4, 0.5) is 8.78 Å². The lowest BCUT2D eigenvalue weighted by molar-refractivity contribution is 0.515. The van der Waals surface area contributed by atoms with Crippen LogP contribution >= 0.6 is 0 Å². The summed E-state index contributed by atoms with van der Waals surface area (Å²) in [5.74, 6) is -2.03. The van der Waals surface area contributed by atoms with Gasteiger partial charge in [-0.15, -0.1) is 0 Å². The van der Waals surface area contributed by atoms with Gasteiger partial charge in [0.2, 0.25) is 11.9 Å². The summed E-state index contributed by atoms with van der Waals surface area (Å²) in [6, 6.07) is 11.5. The van der Waals surface area contributed by atoms with E-state index in [1.165, 1.54) is 6.07 Å². The lowest BCUT2D eigenvalue weighted by atomic mass is 9.97. The van der Waals surface area contributed by atoms with Crippen LogP contribution in [0.25, 0.3) is 38.9 Å². The smallest absolute Gasteiger partial charge is 0.223 e. The Morgan fingerprint density at radius 1 is 0.889 bits per heavy atom. The highest BCUT2D eigenvalue weighted by Crippen LogP contribution is 2.35. The van der Waals surface area contributed by atoms with Gasteiger partial charge in [-0.2, -0.15) is 24.0 Å². The summed E-state index contributed by atoms with van der Waals surface area (Å²) >= 11 is 0. The van der Waals surface area contributed by atoms with Gasteiger partial charge in [-0.1, -0.05) is 6.07 Å². The number of nitrogens with zero attached hydrogens (tertiary/aromatic N) is 5. The van der Waals surface area contributed by atoms with Crippen molar-refractivity contribution in [3.05, 3.63) is 84.7 Å². The van der Waals surface area contributed by atoms with Gasteiger partial charge in [-0.05, 0) is 65.9 Å². The highest BCUT2D eigenvalue weighted by Gasteiger charge is 2.35. The van der Waals surface area contributed by atoms with Gasteiger partial charge in [-0.25, -0.2) is 12.9 Å². The standard InChI is InChI=1S/C26H21F2N5O2S/c1-32-13-20(11-29-32)17-2-6-24-23(12-30-33(24)14-17)19-9-16(15-36(34,35)21-3-4-21)8-18(10-19)22-5-7-25(27)31-26(22)28/h2,5-14,21H,3-4,15H2,1H3. The van der Waals surface area contributed by atoms with Gasteiger partial charge in [0.05, 0.1) is 28.9 Å². The Labute approximate surface area is 206 Å². The third-order valence-electron chi connectivity index (χ3n) is 6.38. The number of fused-ring (bicyclic) bond motifs is 1. The van der Waals surface area contributed by atoms with Crippen molar-refractivity contribution in [3.8, 4) is 33.4 Å². The van der Waals surface area contributed by atoms with Gasteiger partial charge >= 0.3 is 0 Å². The molecule has 5 aromatic rings. The van der Waals surface area contributed by atoms with E-state index in [1.807, 2.05) is 31.6 Å². The molecule has 0 spiro atoms. The first-order chi connectivity index (χ1) is 17.3. The molecule has 1 aliphatic carbocycles. The average molecular weight is 506 g/mol. The van der Waals surface area contributed by atoms with Gasteiger partial charge in [0, 0.05) is 41.7 Å². The number of hydrogen-bond donors (Lipinski definition) is 0. The largest absolute Gasteiger partial charge is 0.275 e. The first kappa shape index (κ1) is 22.5. The quantitative estimate of drug-likeness (QED) is 0.309. The lowest BCUT2D eigenvalue weighted by Crippen LogP contribution is -2.10. The van der Waals surface area contributed by atoms with Crippen molar-refractivity contribution in [3.63, 3.8) is 0 Å². The van der Waals surface area contributed by atoms with E-state index in [4.69, 9.17) is 0 Å². The van der Waals surface area contributed by atoms with Crippen LogP contribution in [0.1, 0.15) is 18.4 Å². The maximum absolute atomic E-state index is 14.6. The zero-order chi connectivity index (χ0) is 25.0. The van der Waals surface area contributed by atoms with E-state index in [0.29, 0.717) is 29.5 Å². The van der Waals surface area contributed by atoms with Gasteiger partial charge in [0.25, 0.3) is 0 Å². The number of pyridine rings is 2. The Balaban J connectivity index is 1.47. The molecule has 7 nitrogen and oxygen atoms in total. The van der Waals surface area contributed by atoms with Crippen molar-refractivity contribution >= 4 is 15.4 Å². The molecule has 4 aromatic heterocycles. The number of sulfone groups is 1. The minimum absolute atomic E-state index is 0.0960. The number of rotatable bonds is 6. The highest BCUT2D eigenvalue weighted by atomic mass is 32.2. The molecule has 36 heavy (non-hydrogen) atoms. The second kappa shape index (κ2) is 8.34. The number of aromatic nitrogens is 5. The van der Waals surface area contributed by atoms with Gasteiger partial charge in [0.15, 0.2) is 9.84 Å². The molecule has 1 aromatic carbocycles. The zero-order valence-corrected chi connectivity index (χ0v) is 20.1. The zero-order valence-electron chi connectivity index (χ0n) is 19.3. The highest BCUT2D eigenvalue weighted by molar-refractivity contribution is 7.91. The molecule has 1 aliphatic rings. The van der Waals surface area contributed by atoms with E-state index in [0.717, 1.165) is 28.3 Å². The molecular formula is C26H21F2N5O2S. The van der Waals surface area contributed by atoms with E-state index in [2.05, 4.69) is 15.2 Å². The van der Waals surface area contributed by atoms with E-state index in [9.17, 15) is 17.2 Å². The van der Waals surface area contributed by atoms with Crippen LogP contribution in [0, 0.1) is 11.9 Å². The summed E-state index contributed by atoms with van der Waals surface area (Å²) < 4.78 is 57.0. The van der Waals surface area contributed by atoms with Crippen molar-refractivity contribution < 1.29 is 17.2 Å². The topological polar surface area (TPSA) is 82.1 Å². The summed E-state index contributed by atoms with van der Waals surface area (Å²) in [5, 5.41) is 8.39. The number of hydrogen-bond acceptors (Lipinski definition) is 5. The second-order valence-corrected chi connectivity index (χ2v) is 11.4. The molecule has 10 heteroatoms. The molecule has 0 radical (unpaired) electrons. The van der Waals surface area contributed by atoms with Crippen LogP contribution in [0.2, 0.25) is 0 Å². The van der Waals surface area contributed by atoms with Crippen molar-refractivity contribution in [1.29, 1.82) is 0 Å². The van der Waals surface area contributed by atoms with E-state index in [1.54, 1.807) is 39.8 Å². The van der Waals surface area contributed by atoms with Crippen LogP contribution in [0.5, 0.6) is 0 Å². The van der Waals surface area contributed by atoms with Crippen molar-refractivity contribution in [2.75, 3.05) is 0 Å². The van der Waals surface area contributed by atoms with E-state index < -0.39 is 21.7 Å². The number of aryl methyl sites for hydroxylation is 1. The molecule has 6 rings (SSSR count). The summed E-state index contributed by atoms with van der Waals surface area (Å²) in [5.41, 5.74) is 5.18. The Hall–Kier alpha value is -3.92. The van der Waals surface area contributed by atoms with E-state index >= 15 is 0 Å². The van der Waals surface area contributed by atoms with Crippen LogP contribution in [0.15, 0.2) is 67.3 Å². The predicted octanol–water partition coefficient (Wildman–Crippen LogP) is 4.82. The molecular weight excluding hydrogens is 484 g/mol. The Morgan fingerprint density at radius 3 is 2.36 bits per heavy atom. The average Bonchev–Trinajstić information content (AvgIpc) is 3.49. The minimum Gasteiger partial charge on any atom is -0.275 e. The van der Waals surface area contributed by atoms with Crippen molar-refractivity contribution in [1.82, 2.24) is 24.4 Å². The number of benzene rings is 1. The molecule has 1 saturated carbocycles. The van der Waals surface area contributed by atoms with E-state index in [-0.39, 0.29) is 16.6 Å². The van der Waals surface area contributed by atoms with Crippen LogP contribution in [0.3, 0.4) is 0 Å². The normalized spacial score (nSPS) is 14.0. The second-order valence-electron chi connectivity index (χ2n) is 9.11. The third-order valence-corrected chi connectivity index (χ3v) is 8.61. The monoisotopic (exact) mass is 505 g/mol. The maximum Gasteiger partial charge on any atom is 0.223 e. The van der Waals surface area contributed by atoms with Crippen LogP contribution in [-0.2, 0) is 22.6 Å². The Morgan fingerprint density at radius 2 is 1.67 bits per heavy atom. The lowest BCUT2D eigenvalue weighted by Gasteiger charge is -2.11. The van der Waals surface area contributed by atoms with Gasteiger partial charge in [-0.3, -0.25) is 4.68 Å². The minimum atomic E-state index is -3.32. The molecule has 4 heterocycles. The molecule has 0 amide bonds. The summed E-state index contributed by atoms with van der Waals surface area (Å²) in [7, 11) is -1.47. The third kappa shape index (κ3) is 4.17. The maximum atomic E-state index is 14.6. The fraction of sp³-hybridized carbons (Fsp3) is 0.192. The molecule has 0 aliphatic heterocycles. The first-order valence-corrected chi connectivity index (χ1v) is 13.1. The number of halogens is 2. The first-order valence-electron chi connectivity index (χ1n) is 11.4. The summed E-state index contributed by atoms with van der Waals surface area (Å²) in [6.07, 6.45) is 8.60. The molecule has 0 saturated heterocycles. The van der Waals surface area contributed by atoms with Crippen LogP contribution in [-0.4, -0.2) is 38.0 Å². The SMILES string of the molecule is Cn1cc(-c2ccc3c(-c4cc(CS(=O)(=O)C5CC5)cc(-c5ccc(F)nc5F)c4)cnn3c2)cn1. The van der Waals surface area contributed by atoms with Gasteiger partial charge < -0.3 is 0 Å². The summed E-state index contributed by atoms with van der Waals surface area (Å²) in [4.78, 5) is 3.30. The molecule has 1 fully saturated rings. The predicted molar refractivity (Wildman–Crippen MR) is 132 cm³/mol. The summed E-state index contributed by atoms with van der Waals surface area (Å²) in [6.45, 7) is 0. The molecule has 0 N–H and O–H groups in total. The fourth-order valence-corrected chi connectivity index (χ4v) is 6.16. The van der Waals surface area contributed by atoms with Gasteiger partial charge in [0.1, 0.15) is 0 Å². The Bertz CT molecular complexity index is 1740. The molecule has 182 valence electrons. The fourth-order valence-electron chi connectivity index (χ4n) is 4.44. The molecule has 0 unspecified atom stereocenters. The molecule has 0 bridgehead atoms. The van der Waals surface area contributed by atoms with Crippen molar-refractivity contribution in [2.45, 2.75) is 23.8 Å². The van der Waals surface area contributed by atoms with Crippen molar-refractivity contribution in [2.24, 2.45) is 7.05 Å².